The third-order valence-electron chi connectivity index (χ3n) is 4.56. The van der Waals surface area contributed by atoms with Gasteiger partial charge in [0.15, 0.2) is 0 Å². The molecule has 3 aromatic rings. The van der Waals surface area contributed by atoms with Crippen LogP contribution in [0.3, 0.4) is 0 Å². The van der Waals surface area contributed by atoms with Crippen LogP contribution in [0.5, 0.6) is 5.75 Å². The van der Waals surface area contributed by atoms with Gasteiger partial charge >= 0.3 is 5.97 Å². The summed E-state index contributed by atoms with van der Waals surface area (Å²) < 4.78 is 13.1. The Bertz CT molecular complexity index is 948. The first-order valence-corrected chi connectivity index (χ1v) is 8.65. The monoisotopic (exact) mass is 348 g/mol. The highest BCUT2D eigenvalue weighted by atomic mass is 16.5. The molecule has 0 saturated carbocycles. The van der Waals surface area contributed by atoms with E-state index in [0.29, 0.717) is 5.56 Å². The van der Waals surface area contributed by atoms with Crippen LogP contribution in [0.1, 0.15) is 34.0 Å². The highest BCUT2D eigenvalue weighted by molar-refractivity contribution is 5.91. The molecule has 1 aliphatic rings. The molecule has 1 atom stereocenters. The number of imidazole rings is 1. The number of carbonyl (C=O) groups excluding carboxylic acids is 1. The number of hydrogen-bond acceptors (Lipinski definition) is 4. The Morgan fingerprint density at radius 2 is 2.19 bits per heavy atom. The summed E-state index contributed by atoms with van der Waals surface area (Å²) in [4.78, 5) is 16.5. The minimum Gasteiger partial charge on any atom is -0.490 e. The molecule has 0 spiro atoms. The van der Waals surface area contributed by atoms with Gasteiger partial charge in [0.2, 0.25) is 0 Å². The Morgan fingerprint density at radius 1 is 1.31 bits per heavy atom. The van der Waals surface area contributed by atoms with Gasteiger partial charge in [0.25, 0.3) is 0 Å². The topological polar surface area (TPSA) is 53.4 Å². The highest BCUT2D eigenvalue weighted by Crippen LogP contribution is 2.29. The molecule has 0 bridgehead atoms. The number of carbonyl (C=O) groups is 1. The van der Waals surface area contributed by atoms with E-state index in [2.05, 4.69) is 18.0 Å². The lowest BCUT2D eigenvalue weighted by Crippen LogP contribution is -2.08. The number of nitrogens with zero attached hydrogens (tertiary/aromatic N) is 2. The zero-order valence-electron chi connectivity index (χ0n) is 14.8. The van der Waals surface area contributed by atoms with Crippen LogP contribution in [0.4, 0.5) is 0 Å². The lowest BCUT2D eigenvalue weighted by molar-refractivity contribution is 0.0472. The van der Waals surface area contributed by atoms with Crippen LogP contribution in [-0.2, 0) is 17.8 Å². The van der Waals surface area contributed by atoms with Gasteiger partial charge in [-0.15, -0.1) is 0 Å². The van der Waals surface area contributed by atoms with Crippen molar-refractivity contribution in [3.63, 3.8) is 0 Å². The predicted octanol–water partition coefficient (Wildman–Crippen LogP) is 3.86. The zero-order valence-corrected chi connectivity index (χ0v) is 14.8. The summed E-state index contributed by atoms with van der Waals surface area (Å²) in [5.41, 5.74) is 4.56. The summed E-state index contributed by atoms with van der Waals surface area (Å²) in [7, 11) is 0. The van der Waals surface area contributed by atoms with Gasteiger partial charge in [-0.25, -0.2) is 9.78 Å². The Balaban J connectivity index is 1.45. The molecule has 1 aliphatic heterocycles. The first-order valence-electron chi connectivity index (χ1n) is 8.65. The van der Waals surface area contributed by atoms with Crippen LogP contribution >= 0.6 is 0 Å². The third kappa shape index (κ3) is 3.20. The number of esters is 1. The molecule has 0 amide bonds. The lowest BCUT2D eigenvalue weighted by Gasteiger charge is -2.10. The number of ether oxygens (including phenoxy) is 2. The summed E-state index contributed by atoms with van der Waals surface area (Å²) in [6, 6.07) is 11.6. The van der Waals surface area contributed by atoms with Crippen LogP contribution in [0.25, 0.3) is 5.69 Å². The zero-order chi connectivity index (χ0) is 18.1. The van der Waals surface area contributed by atoms with Crippen LogP contribution in [0, 0.1) is 6.92 Å². The van der Waals surface area contributed by atoms with Gasteiger partial charge in [-0.1, -0.05) is 6.07 Å². The average molecular weight is 348 g/mol. The molecule has 0 N–H and O–H groups in total. The van der Waals surface area contributed by atoms with Crippen LogP contribution in [0.2, 0.25) is 0 Å². The Morgan fingerprint density at radius 3 is 2.96 bits per heavy atom. The molecule has 132 valence electrons. The molecule has 0 radical (unpaired) electrons. The van der Waals surface area contributed by atoms with E-state index in [1.807, 2.05) is 42.0 Å². The van der Waals surface area contributed by atoms with E-state index in [-0.39, 0.29) is 18.7 Å². The third-order valence-corrected chi connectivity index (χ3v) is 4.56. The van der Waals surface area contributed by atoms with Gasteiger partial charge in [-0.2, -0.15) is 0 Å². The smallest absolute Gasteiger partial charge is 0.338 e. The fraction of sp³-hybridized carbons (Fsp3) is 0.238. The first kappa shape index (κ1) is 16.4. The second-order valence-corrected chi connectivity index (χ2v) is 6.62. The fourth-order valence-electron chi connectivity index (χ4n) is 3.24. The molecule has 1 unspecified atom stereocenters. The molecule has 5 heteroatoms. The summed E-state index contributed by atoms with van der Waals surface area (Å²) in [5.74, 6) is 0.614. The molecule has 0 saturated heterocycles. The predicted molar refractivity (Wildman–Crippen MR) is 97.7 cm³/mol. The van der Waals surface area contributed by atoms with Crippen LogP contribution < -0.4 is 4.74 Å². The maximum atomic E-state index is 12.5. The largest absolute Gasteiger partial charge is 0.490 e. The molecule has 0 fully saturated rings. The molecule has 0 aliphatic carbocycles. The van der Waals surface area contributed by atoms with Gasteiger partial charge in [0.05, 0.1) is 11.9 Å². The average Bonchev–Trinajstić information content (AvgIpc) is 3.27. The van der Waals surface area contributed by atoms with Gasteiger partial charge in [-0.05, 0) is 60.9 Å². The lowest BCUT2D eigenvalue weighted by atomic mass is 10.1. The van der Waals surface area contributed by atoms with Gasteiger partial charge in [0, 0.05) is 24.5 Å². The van der Waals surface area contributed by atoms with E-state index in [4.69, 9.17) is 9.47 Å². The quantitative estimate of drug-likeness (QED) is 0.672. The summed E-state index contributed by atoms with van der Waals surface area (Å²) in [6.45, 7) is 4.21. The number of aromatic nitrogens is 2. The number of rotatable bonds is 4. The minimum absolute atomic E-state index is 0.208. The van der Waals surface area contributed by atoms with Crippen molar-refractivity contribution in [2.24, 2.45) is 0 Å². The molecule has 26 heavy (non-hydrogen) atoms. The van der Waals surface area contributed by atoms with Crippen molar-refractivity contribution in [2.45, 2.75) is 33.0 Å². The SMILES string of the molecule is Cc1cc(-n2ccnc2)ccc1C(=O)OCc1ccc2c(c1)CC(C)O2. The second-order valence-electron chi connectivity index (χ2n) is 6.62. The van der Waals surface area contributed by atoms with E-state index in [1.54, 1.807) is 18.6 Å². The first-order chi connectivity index (χ1) is 12.6. The number of benzene rings is 2. The van der Waals surface area contributed by atoms with Gasteiger partial charge in [-0.3, -0.25) is 0 Å². The summed E-state index contributed by atoms with van der Waals surface area (Å²) >= 11 is 0. The molecular formula is C21H20N2O3. The Labute approximate surface area is 152 Å². The van der Waals surface area contributed by atoms with Crippen molar-refractivity contribution >= 4 is 5.97 Å². The van der Waals surface area contributed by atoms with E-state index >= 15 is 0 Å². The van der Waals surface area contributed by atoms with Crippen molar-refractivity contribution in [3.8, 4) is 11.4 Å². The normalized spacial score (nSPS) is 15.4. The highest BCUT2D eigenvalue weighted by Gasteiger charge is 2.19. The summed E-state index contributed by atoms with van der Waals surface area (Å²) in [6.07, 6.45) is 6.42. The van der Waals surface area contributed by atoms with Crippen molar-refractivity contribution in [1.82, 2.24) is 9.55 Å². The molecule has 5 nitrogen and oxygen atoms in total. The van der Waals surface area contributed by atoms with Gasteiger partial charge < -0.3 is 14.0 Å². The number of hydrogen-bond donors (Lipinski definition) is 0. The molecule has 2 heterocycles. The molecular weight excluding hydrogens is 328 g/mol. The second kappa shape index (κ2) is 6.67. The van der Waals surface area contributed by atoms with Crippen molar-refractivity contribution < 1.29 is 14.3 Å². The fourth-order valence-corrected chi connectivity index (χ4v) is 3.24. The molecule has 2 aromatic carbocycles. The van der Waals surface area contributed by atoms with Crippen LogP contribution in [0.15, 0.2) is 55.1 Å². The minimum atomic E-state index is -0.315. The Hall–Kier alpha value is -3.08. The van der Waals surface area contributed by atoms with E-state index < -0.39 is 0 Å². The van der Waals surface area contributed by atoms with Crippen molar-refractivity contribution in [3.05, 3.63) is 77.4 Å². The maximum Gasteiger partial charge on any atom is 0.338 e. The maximum absolute atomic E-state index is 12.5. The van der Waals surface area contributed by atoms with Gasteiger partial charge in [0.1, 0.15) is 18.5 Å². The van der Waals surface area contributed by atoms with E-state index in [1.165, 1.54) is 5.56 Å². The molecule has 4 rings (SSSR count). The van der Waals surface area contributed by atoms with Crippen LogP contribution in [-0.4, -0.2) is 21.6 Å². The van der Waals surface area contributed by atoms with Crippen molar-refractivity contribution in [1.29, 1.82) is 0 Å². The molecule has 1 aromatic heterocycles. The summed E-state index contributed by atoms with van der Waals surface area (Å²) in [5, 5.41) is 0. The Kier molecular flexibility index (Phi) is 4.21. The van der Waals surface area contributed by atoms with Crippen molar-refractivity contribution in [2.75, 3.05) is 0 Å². The standard InChI is InChI=1S/C21H20N2O3/c1-14-9-18(23-8-7-22-13-23)4-5-19(14)21(24)25-12-16-3-6-20-17(11-16)10-15(2)26-20/h3-9,11,13,15H,10,12H2,1-2H3. The number of aryl methyl sites for hydroxylation is 1. The van der Waals surface area contributed by atoms with E-state index in [9.17, 15) is 4.79 Å². The van der Waals surface area contributed by atoms with E-state index in [0.717, 1.165) is 29.0 Å². The number of fused-ring (bicyclic) bond motifs is 1.